The fourth-order valence-corrected chi connectivity index (χ4v) is 4.91. The zero-order chi connectivity index (χ0) is 14.3. The quantitative estimate of drug-likeness (QED) is 0.776. The summed E-state index contributed by atoms with van der Waals surface area (Å²) in [7, 11) is 0. The van der Waals surface area contributed by atoms with Crippen LogP contribution >= 0.6 is 11.8 Å². The van der Waals surface area contributed by atoms with Gasteiger partial charge in [0.15, 0.2) is 0 Å². The molecule has 0 N–H and O–H groups in total. The summed E-state index contributed by atoms with van der Waals surface area (Å²) in [6, 6.07) is 0. The predicted molar refractivity (Wildman–Crippen MR) is 84.3 cm³/mol. The fourth-order valence-electron chi connectivity index (χ4n) is 3.27. The van der Waals surface area contributed by atoms with Crippen molar-refractivity contribution in [3.05, 3.63) is 11.8 Å². The van der Waals surface area contributed by atoms with Crippen molar-refractivity contribution in [2.45, 2.75) is 42.1 Å². The molecule has 0 aromatic rings. The molecule has 4 nitrogen and oxygen atoms in total. The van der Waals surface area contributed by atoms with Crippen molar-refractivity contribution >= 4 is 17.7 Å². The number of nitrogens with zero attached hydrogens (tertiary/aromatic N) is 2. The van der Waals surface area contributed by atoms with Crippen molar-refractivity contribution in [3.63, 3.8) is 0 Å². The van der Waals surface area contributed by atoms with Crippen LogP contribution in [0.4, 0.5) is 0 Å². The average Bonchev–Trinajstić information content (AvgIpc) is 3.43. The van der Waals surface area contributed by atoms with E-state index in [1.165, 1.54) is 25.7 Å². The predicted octanol–water partition coefficient (Wildman–Crippen LogP) is 1.86. The zero-order valence-electron chi connectivity index (χ0n) is 12.6. The van der Waals surface area contributed by atoms with Crippen LogP contribution in [0.15, 0.2) is 11.8 Å². The summed E-state index contributed by atoms with van der Waals surface area (Å²) >= 11 is 2.16. The Morgan fingerprint density at radius 2 is 2.00 bits per heavy atom. The second-order valence-electron chi connectivity index (χ2n) is 6.70. The first-order valence-electron chi connectivity index (χ1n) is 8.26. The highest BCUT2D eigenvalue weighted by Crippen LogP contribution is 2.55. The van der Waals surface area contributed by atoms with E-state index in [2.05, 4.69) is 27.6 Å². The molecule has 0 bridgehead atoms. The third-order valence-electron chi connectivity index (χ3n) is 4.82. The van der Waals surface area contributed by atoms with E-state index < -0.39 is 0 Å². The zero-order valence-corrected chi connectivity index (χ0v) is 13.4. The van der Waals surface area contributed by atoms with Crippen molar-refractivity contribution < 1.29 is 9.53 Å². The van der Waals surface area contributed by atoms with Gasteiger partial charge in [0.25, 0.3) is 5.91 Å². The molecule has 1 amide bonds. The Hall–Kier alpha value is -0.680. The molecular formula is C16H24N2O2S. The van der Waals surface area contributed by atoms with E-state index in [4.69, 9.17) is 4.74 Å². The first-order chi connectivity index (χ1) is 10.3. The fraction of sp³-hybridized carbons (Fsp3) is 0.812. The van der Waals surface area contributed by atoms with Crippen molar-refractivity contribution in [1.29, 1.82) is 0 Å². The van der Waals surface area contributed by atoms with E-state index in [0.29, 0.717) is 4.75 Å². The van der Waals surface area contributed by atoms with Crippen molar-refractivity contribution in [3.8, 4) is 0 Å². The van der Waals surface area contributed by atoms with Crippen LogP contribution in [-0.4, -0.2) is 65.1 Å². The van der Waals surface area contributed by atoms with Crippen LogP contribution in [0.5, 0.6) is 0 Å². The Morgan fingerprint density at radius 3 is 2.67 bits per heavy atom. The van der Waals surface area contributed by atoms with Gasteiger partial charge in [-0.1, -0.05) is 6.08 Å². The highest BCUT2D eigenvalue weighted by molar-refractivity contribution is 8.01. The molecule has 116 valence electrons. The van der Waals surface area contributed by atoms with Gasteiger partial charge in [-0.15, -0.1) is 11.8 Å². The SMILES string of the molecule is O=C1C(N2CCOCC2)=CCCN1CC1(SC2CC2)CC1. The number of morpholine rings is 1. The highest BCUT2D eigenvalue weighted by atomic mass is 32.2. The topological polar surface area (TPSA) is 32.8 Å². The lowest BCUT2D eigenvalue weighted by molar-refractivity contribution is -0.130. The average molecular weight is 308 g/mol. The molecule has 2 saturated carbocycles. The van der Waals surface area contributed by atoms with Crippen LogP contribution in [0, 0.1) is 0 Å². The van der Waals surface area contributed by atoms with Gasteiger partial charge < -0.3 is 14.5 Å². The first kappa shape index (κ1) is 13.9. The van der Waals surface area contributed by atoms with Crippen LogP contribution in [0.1, 0.15) is 32.1 Å². The number of carbonyl (C=O) groups excluding carboxylic acids is 1. The van der Waals surface area contributed by atoms with Crippen LogP contribution < -0.4 is 0 Å². The molecule has 2 heterocycles. The summed E-state index contributed by atoms with van der Waals surface area (Å²) in [5.41, 5.74) is 0.928. The Morgan fingerprint density at radius 1 is 1.24 bits per heavy atom. The summed E-state index contributed by atoms with van der Waals surface area (Å²) in [6.45, 7) is 5.06. The molecule has 4 aliphatic rings. The summed E-state index contributed by atoms with van der Waals surface area (Å²) in [6.07, 6.45) is 8.52. The van der Waals surface area contributed by atoms with Crippen molar-refractivity contribution in [1.82, 2.24) is 9.80 Å². The maximum atomic E-state index is 12.8. The molecule has 0 aromatic carbocycles. The molecule has 0 aromatic heterocycles. The van der Waals surface area contributed by atoms with E-state index in [9.17, 15) is 4.79 Å². The van der Waals surface area contributed by atoms with Crippen molar-refractivity contribution in [2.75, 3.05) is 39.4 Å². The maximum absolute atomic E-state index is 12.8. The van der Waals surface area contributed by atoms with Gasteiger partial charge in [0.1, 0.15) is 0 Å². The monoisotopic (exact) mass is 308 g/mol. The lowest BCUT2D eigenvalue weighted by Crippen LogP contribution is -2.47. The number of hydrogen-bond donors (Lipinski definition) is 0. The van der Waals surface area contributed by atoms with E-state index in [0.717, 1.165) is 56.8 Å². The molecule has 2 aliphatic carbocycles. The molecular weight excluding hydrogens is 284 g/mol. The molecule has 4 rings (SSSR count). The second-order valence-corrected chi connectivity index (χ2v) is 8.47. The van der Waals surface area contributed by atoms with E-state index in [-0.39, 0.29) is 5.91 Å². The molecule has 0 atom stereocenters. The second kappa shape index (κ2) is 5.51. The number of amides is 1. The molecule has 0 radical (unpaired) electrons. The third kappa shape index (κ3) is 3.09. The molecule has 3 fully saturated rings. The molecule has 2 aliphatic heterocycles. The van der Waals surface area contributed by atoms with Crippen LogP contribution in [0.25, 0.3) is 0 Å². The van der Waals surface area contributed by atoms with Gasteiger partial charge in [-0.05, 0) is 32.1 Å². The van der Waals surface area contributed by atoms with Crippen LogP contribution in [0.3, 0.4) is 0 Å². The minimum absolute atomic E-state index is 0.255. The van der Waals surface area contributed by atoms with Gasteiger partial charge in [0, 0.05) is 36.2 Å². The smallest absolute Gasteiger partial charge is 0.269 e. The molecule has 0 unspecified atom stereocenters. The number of thioether (sulfide) groups is 1. The van der Waals surface area contributed by atoms with Crippen LogP contribution in [-0.2, 0) is 9.53 Å². The molecule has 21 heavy (non-hydrogen) atoms. The Kier molecular flexibility index (Phi) is 3.66. The Balaban J connectivity index is 1.40. The number of carbonyl (C=O) groups is 1. The van der Waals surface area contributed by atoms with Gasteiger partial charge in [0.05, 0.1) is 18.9 Å². The lowest BCUT2D eigenvalue weighted by atomic mass is 10.1. The van der Waals surface area contributed by atoms with Crippen molar-refractivity contribution in [2.24, 2.45) is 0 Å². The highest BCUT2D eigenvalue weighted by Gasteiger charge is 2.49. The largest absolute Gasteiger partial charge is 0.378 e. The van der Waals surface area contributed by atoms with Crippen LogP contribution in [0.2, 0.25) is 0 Å². The van der Waals surface area contributed by atoms with Gasteiger partial charge in [-0.2, -0.15) is 0 Å². The number of ether oxygens (including phenoxy) is 1. The van der Waals surface area contributed by atoms with E-state index in [1.54, 1.807) is 0 Å². The van der Waals surface area contributed by atoms with E-state index in [1.807, 2.05) is 0 Å². The van der Waals surface area contributed by atoms with Gasteiger partial charge >= 0.3 is 0 Å². The summed E-state index contributed by atoms with van der Waals surface area (Å²) in [5, 5.41) is 0.890. The Labute approximate surface area is 130 Å². The van der Waals surface area contributed by atoms with Gasteiger partial charge in [-0.25, -0.2) is 0 Å². The molecule has 5 heteroatoms. The normalized spacial score (nSPS) is 28.6. The maximum Gasteiger partial charge on any atom is 0.269 e. The van der Waals surface area contributed by atoms with Gasteiger partial charge in [-0.3, -0.25) is 4.79 Å². The minimum atomic E-state index is 0.255. The van der Waals surface area contributed by atoms with Gasteiger partial charge in [0.2, 0.25) is 0 Å². The molecule has 0 spiro atoms. The summed E-state index contributed by atoms with van der Waals surface area (Å²) < 4.78 is 5.80. The third-order valence-corrected chi connectivity index (χ3v) is 6.66. The lowest BCUT2D eigenvalue weighted by Gasteiger charge is -2.37. The summed E-state index contributed by atoms with van der Waals surface area (Å²) in [4.78, 5) is 17.1. The number of rotatable bonds is 5. The molecule has 1 saturated heterocycles. The summed E-state index contributed by atoms with van der Waals surface area (Å²) in [5.74, 6) is 0.255. The number of hydrogen-bond acceptors (Lipinski definition) is 4. The first-order valence-corrected chi connectivity index (χ1v) is 9.14. The standard InChI is InChI=1S/C16H24N2O2S/c19-15-14(17-8-10-20-11-9-17)2-1-7-18(15)12-16(5-6-16)21-13-3-4-13/h2,13H,1,3-12H2. The van der Waals surface area contributed by atoms with E-state index >= 15 is 0 Å². The Bertz CT molecular complexity index is 451. The minimum Gasteiger partial charge on any atom is -0.378 e.